The molecule has 0 spiro atoms. The Hall–Kier alpha value is -0.730. The minimum Gasteiger partial charge on any atom is -0.465 e. The summed E-state index contributed by atoms with van der Waals surface area (Å²) in [7, 11) is 0. The van der Waals surface area contributed by atoms with Crippen LogP contribution >= 0.6 is 0 Å². The number of carbonyl (C=O) groups is 1. The van der Waals surface area contributed by atoms with Gasteiger partial charge in [-0.2, -0.15) is 0 Å². The Labute approximate surface area is 67.0 Å². The Kier molecular flexibility index (Phi) is 1.82. The fraction of sp³-hybridized carbons (Fsp3) is 0.875. The van der Waals surface area contributed by atoms with Gasteiger partial charge in [-0.3, -0.25) is 0 Å². The van der Waals surface area contributed by atoms with Gasteiger partial charge in [-0.15, -0.1) is 0 Å². The van der Waals surface area contributed by atoms with Crippen molar-refractivity contribution in [2.24, 2.45) is 5.92 Å². The summed E-state index contributed by atoms with van der Waals surface area (Å²) in [6, 6.07) is 0. The van der Waals surface area contributed by atoms with E-state index in [1.54, 1.807) is 0 Å². The molecule has 1 amide bonds. The van der Waals surface area contributed by atoms with Crippen LogP contribution in [-0.2, 0) is 0 Å². The Bertz CT molecular complexity index is 177. The number of likely N-dealkylation sites (tertiary alicyclic amines) is 1. The first-order valence-corrected chi connectivity index (χ1v) is 3.94. The summed E-state index contributed by atoms with van der Waals surface area (Å²) >= 11 is 0. The van der Waals surface area contributed by atoms with Gasteiger partial charge in [0.05, 0.1) is 0 Å². The van der Waals surface area contributed by atoms with E-state index in [0.29, 0.717) is 12.5 Å². The van der Waals surface area contributed by atoms with E-state index in [9.17, 15) is 4.79 Å². The van der Waals surface area contributed by atoms with Gasteiger partial charge in [0.25, 0.3) is 0 Å². The highest BCUT2D eigenvalue weighted by Crippen LogP contribution is 2.31. The predicted octanol–water partition coefficient (Wildman–Crippen LogP) is 1.78. The van der Waals surface area contributed by atoms with Crippen molar-refractivity contribution in [2.45, 2.75) is 32.7 Å². The molecule has 0 bridgehead atoms. The largest absolute Gasteiger partial charge is 0.465 e. The molecule has 1 atom stereocenters. The van der Waals surface area contributed by atoms with Gasteiger partial charge in [0.15, 0.2) is 0 Å². The first-order chi connectivity index (χ1) is 4.93. The Balaban J connectivity index is 2.74. The second-order valence-electron chi connectivity index (χ2n) is 4.01. The molecule has 0 aliphatic carbocycles. The SMILES string of the molecule is CC1CN(C(=O)O)C(C)(C)C1. The monoisotopic (exact) mass is 157 g/mol. The molecule has 64 valence electrons. The summed E-state index contributed by atoms with van der Waals surface area (Å²) in [6.07, 6.45) is 0.179. The van der Waals surface area contributed by atoms with Gasteiger partial charge in [-0.05, 0) is 26.2 Å². The van der Waals surface area contributed by atoms with E-state index in [-0.39, 0.29) is 5.54 Å². The molecule has 0 saturated carbocycles. The van der Waals surface area contributed by atoms with E-state index in [4.69, 9.17) is 5.11 Å². The zero-order chi connectivity index (χ0) is 8.65. The lowest BCUT2D eigenvalue weighted by atomic mass is 9.98. The van der Waals surface area contributed by atoms with Crippen LogP contribution in [0.15, 0.2) is 0 Å². The van der Waals surface area contributed by atoms with Gasteiger partial charge >= 0.3 is 6.09 Å². The van der Waals surface area contributed by atoms with Crippen molar-refractivity contribution in [2.75, 3.05) is 6.54 Å². The number of carboxylic acid groups (broad SMARTS) is 1. The lowest BCUT2D eigenvalue weighted by Crippen LogP contribution is -2.41. The predicted molar refractivity (Wildman–Crippen MR) is 42.6 cm³/mol. The van der Waals surface area contributed by atoms with E-state index in [1.807, 2.05) is 13.8 Å². The number of rotatable bonds is 0. The quantitative estimate of drug-likeness (QED) is 0.582. The molecule has 1 N–H and O–H groups in total. The van der Waals surface area contributed by atoms with Gasteiger partial charge in [0, 0.05) is 12.1 Å². The van der Waals surface area contributed by atoms with E-state index < -0.39 is 6.09 Å². The van der Waals surface area contributed by atoms with Crippen molar-refractivity contribution in [1.29, 1.82) is 0 Å². The normalized spacial score (nSPS) is 29.0. The fourth-order valence-corrected chi connectivity index (χ4v) is 1.92. The third kappa shape index (κ3) is 1.47. The minimum absolute atomic E-state index is 0.161. The maximum Gasteiger partial charge on any atom is 0.407 e. The minimum atomic E-state index is -0.792. The van der Waals surface area contributed by atoms with Gasteiger partial charge in [-0.1, -0.05) is 6.92 Å². The van der Waals surface area contributed by atoms with E-state index in [2.05, 4.69) is 6.92 Å². The lowest BCUT2D eigenvalue weighted by molar-refractivity contribution is 0.117. The summed E-state index contributed by atoms with van der Waals surface area (Å²) in [6.45, 7) is 6.72. The van der Waals surface area contributed by atoms with Crippen LogP contribution in [0.25, 0.3) is 0 Å². The van der Waals surface area contributed by atoms with Crippen molar-refractivity contribution >= 4 is 6.09 Å². The number of hydrogen-bond acceptors (Lipinski definition) is 1. The van der Waals surface area contributed by atoms with Crippen LogP contribution in [0.2, 0.25) is 0 Å². The van der Waals surface area contributed by atoms with E-state index in [1.165, 1.54) is 4.90 Å². The summed E-state index contributed by atoms with van der Waals surface area (Å²) in [5, 5.41) is 8.79. The molecular weight excluding hydrogens is 142 g/mol. The topological polar surface area (TPSA) is 40.5 Å². The standard InChI is InChI=1S/C8H15NO2/c1-6-4-8(2,3)9(5-6)7(10)11/h6H,4-5H2,1-3H3,(H,10,11). The van der Waals surface area contributed by atoms with Crippen molar-refractivity contribution in [3.8, 4) is 0 Å². The van der Waals surface area contributed by atoms with Crippen LogP contribution in [0.4, 0.5) is 4.79 Å². The van der Waals surface area contributed by atoms with Crippen LogP contribution in [0.5, 0.6) is 0 Å². The molecule has 11 heavy (non-hydrogen) atoms. The van der Waals surface area contributed by atoms with E-state index in [0.717, 1.165) is 6.42 Å². The number of hydrogen-bond donors (Lipinski definition) is 1. The first kappa shape index (κ1) is 8.37. The Morgan fingerprint density at radius 2 is 2.18 bits per heavy atom. The summed E-state index contributed by atoms with van der Waals surface area (Å²) in [4.78, 5) is 12.2. The molecule has 1 aliphatic heterocycles. The van der Waals surface area contributed by atoms with Crippen molar-refractivity contribution in [3.05, 3.63) is 0 Å². The first-order valence-electron chi connectivity index (χ1n) is 3.94. The molecular formula is C8H15NO2. The molecule has 1 saturated heterocycles. The van der Waals surface area contributed by atoms with Crippen molar-refractivity contribution in [3.63, 3.8) is 0 Å². The van der Waals surface area contributed by atoms with Gasteiger partial charge in [0.1, 0.15) is 0 Å². The van der Waals surface area contributed by atoms with Crippen LogP contribution < -0.4 is 0 Å². The average Bonchev–Trinajstić information content (AvgIpc) is 2.04. The molecule has 0 aromatic heterocycles. The maximum atomic E-state index is 10.7. The second kappa shape index (κ2) is 2.40. The summed E-state index contributed by atoms with van der Waals surface area (Å²) in [5.74, 6) is 0.501. The average molecular weight is 157 g/mol. The van der Waals surface area contributed by atoms with E-state index >= 15 is 0 Å². The lowest BCUT2D eigenvalue weighted by Gasteiger charge is -2.28. The molecule has 3 nitrogen and oxygen atoms in total. The van der Waals surface area contributed by atoms with Crippen LogP contribution in [-0.4, -0.2) is 28.2 Å². The second-order valence-corrected chi connectivity index (χ2v) is 4.01. The smallest absolute Gasteiger partial charge is 0.407 e. The summed E-state index contributed by atoms with van der Waals surface area (Å²) < 4.78 is 0. The van der Waals surface area contributed by atoms with Gasteiger partial charge < -0.3 is 10.0 Å². The molecule has 1 rings (SSSR count). The molecule has 1 aliphatic rings. The molecule has 1 fully saturated rings. The maximum absolute atomic E-state index is 10.7. The van der Waals surface area contributed by atoms with Crippen LogP contribution in [0, 0.1) is 5.92 Å². The molecule has 3 heteroatoms. The summed E-state index contributed by atoms with van der Waals surface area (Å²) in [5.41, 5.74) is -0.161. The van der Waals surface area contributed by atoms with Crippen molar-refractivity contribution < 1.29 is 9.90 Å². The molecule has 0 aromatic carbocycles. The molecule has 0 aromatic rings. The Morgan fingerprint density at radius 3 is 2.36 bits per heavy atom. The highest BCUT2D eigenvalue weighted by atomic mass is 16.4. The Morgan fingerprint density at radius 1 is 1.64 bits per heavy atom. The van der Waals surface area contributed by atoms with Gasteiger partial charge in [0.2, 0.25) is 0 Å². The fourth-order valence-electron chi connectivity index (χ4n) is 1.92. The third-order valence-electron chi connectivity index (χ3n) is 2.30. The number of amides is 1. The molecule has 0 radical (unpaired) electrons. The highest BCUT2D eigenvalue weighted by molar-refractivity contribution is 5.66. The molecule has 1 unspecified atom stereocenters. The van der Waals surface area contributed by atoms with Crippen molar-refractivity contribution in [1.82, 2.24) is 4.90 Å². The van der Waals surface area contributed by atoms with Crippen LogP contribution in [0.3, 0.4) is 0 Å². The molecule has 1 heterocycles. The van der Waals surface area contributed by atoms with Gasteiger partial charge in [-0.25, -0.2) is 4.79 Å². The van der Waals surface area contributed by atoms with Crippen LogP contribution in [0.1, 0.15) is 27.2 Å². The zero-order valence-corrected chi connectivity index (χ0v) is 7.29. The third-order valence-corrected chi connectivity index (χ3v) is 2.30. The highest BCUT2D eigenvalue weighted by Gasteiger charge is 2.39. The zero-order valence-electron chi connectivity index (χ0n) is 7.29. The number of nitrogens with zero attached hydrogens (tertiary/aromatic N) is 1.